The third-order valence-corrected chi connectivity index (χ3v) is 2.10. The Morgan fingerprint density at radius 2 is 1.79 bits per heavy atom. The molecule has 0 fully saturated rings. The van der Waals surface area contributed by atoms with E-state index in [1.54, 1.807) is 0 Å². The molecule has 1 N–H and O–H groups in total. The van der Waals surface area contributed by atoms with Crippen LogP contribution >= 0.6 is 0 Å². The molecule has 0 atom stereocenters. The van der Waals surface area contributed by atoms with Crippen LogP contribution in [0.4, 0.5) is 0 Å². The first-order chi connectivity index (χ1) is 6.74. The maximum atomic E-state index is 3.91. The van der Waals surface area contributed by atoms with Crippen LogP contribution in [0.15, 0.2) is 30.6 Å². The quantitative estimate of drug-likeness (QED) is 0.765. The predicted molar refractivity (Wildman–Crippen MR) is 57.0 cm³/mol. The summed E-state index contributed by atoms with van der Waals surface area (Å²) in [5, 5.41) is 6.70. The van der Waals surface area contributed by atoms with Gasteiger partial charge in [0.2, 0.25) is 0 Å². The minimum Gasteiger partial charge on any atom is -0.285 e. The summed E-state index contributed by atoms with van der Waals surface area (Å²) in [6.07, 6.45) is 5.82. The zero-order valence-electron chi connectivity index (χ0n) is 8.41. The van der Waals surface area contributed by atoms with Gasteiger partial charge in [0.25, 0.3) is 0 Å². The van der Waals surface area contributed by atoms with Gasteiger partial charge in [-0.3, -0.25) is 5.10 Å². The maximum Gasteiger partial charge on any atom is 0.0525 e. The van der Waals surface area contributed by atoms with E-state index in [1.807, 2.05) is 12.4 Å². The summed E-state index contributed by atoms with van der Waals surface area (Å²) in [5.74, 6) is 0. The topological polar surface area (TPSA) is 28.7 Å². The van der Waals surface area contributed by atoms with Crippen molar-refractivity contribution in [2.24, 2.45) is 0 Å². The molecule has 0 unspecified atom stereocenters. The molecule has 0 saturated heterocycles. The van der Waals surface area contributed by atoms with Gasteiger partial charge in [0.05, 0.1) is 6.20 Å². The molecule has 0 bridgehead atoms. The van der Waals surface area contributed by atoms with Crippen molar-refractivity contribution in [3.05, 3.63) is 59.3 Å². The molecule has 1 heterocycles. The van der Waals surface area contributed by atoms with Crippen molar-refractivity contribution in [2.45, 2.75) is 13.8 Å². The summed E-state index contributed by atoms with van der Waals surface area (Å²) >= 11 is 0. The van der Waals surface area contributed by atoms with Crippen molar-refractivity contribution in [2.75, 3.05) is 0 Å². The van der Waals surface area contributed by atoms with E-state index in [0.717, 1.165) is 5.56 Å². The second-order valence-electron chi connectivity index (χ2n) is 3.60. The highest BCUT2D eigenvalue weighted by atomic mass is 15.1. The lowest BCUT2D eigenvalue weighted by atomic mass is 10.0. The monoisotopic (exact) mass is 185 g/mol. The molecule has 71 valence electrons. The fraction of sp³-hybridized carbons (Fsp3) is 0.167. The van der Waals surface area contributed by atoms with E-state index in [0.29, 0.717) is 0 Å². The Balaban J connectivity index is 2.25. The molecule has 2 nitrogen and oxygen atoms in total. The molecule has 2 rings (SSSR count). The Labute approximate surface area is 84.0 Å². The van der Waals surface area contributed by atoms with Crippen molar-refractivity contribution in [3.63, 3.8) is 0 Å². The van der Waals surface area contributed by atoms with Crippen LogP contribution < -0.4 is 0 Å². The largest absolute Gasteiger partial charge is 0.285 e. The van der Waals surface area contributed by atoms with Gasteiger partial charge in [-0.05, 0) is 25.0 Å². The van der Waals surface area contributed by atoms with Gasteiger partial charge in [-0.1, -0.05) is 29.3 Å². The lowest BCUT2D eigenvalue weighted by molar-refractivity contribution is 1.09. The minimum atomic E-state index is 1.11. The second kappa shape index (κ2) is 3.66. The van der Waals surface area contributed by atoms with Gasteiger partial charge >= 0.3 is 0 Å². The molecule has 0 aliphatic carbocycles. The van der Waals surface area contributed by atoms with Crippen molar-refractivity contribution < 1.29 is 0 Å². The molecular formula is C12H13N2. The van der Waals surface area contributed by atoms with E-state index < -0.39 is 0 Å². The summed E-state index contributed by atoms with van der Waals surface area (Å²) in [6.45, 7) is 4.22. The third-order valence-electron chi connectivity index (χ3n) is 2.10. The van der Waals surface area contributed by atoms with Crippen LogP contribution in [-0.2, 0) is 0 Å². The van der Waals surface area contributed by atoms with Crippen molar-refractivity contribution >= 4 is 0 Å². The molecule has 1 aromatic heterocycles. The average Bonchev–Trinajstić information content (AvgIpc) is 2.54. The van der Waals surface area contributed by atoms with E-state index >= 15 is 0 Å². The summed E-state index contributed by atoms with van der Waals surface area (Å²) in [7, 11) is 0. The van der Waals surface area contributed by atoms with Crippen LogP contribution in [0.2, 0.25) is 0 Å². The van der Waals surface area contributed by atoms with Gasteiger partial charge in [-0.2, -0.15) is 5.10 Å². The van der Waals surface area contributed by atoms with Crippen LogP contribution in [0, 0.1) is 20.3 Å². The molecule has 2 heteroatoms. The summed E-state index contributed by atoms with van der Waals surface area (Å²) in [6, 6.07) is 6.51. The minimum absolute atomic E-state index is 1.11. The van der Waals surface area contributed by atoms with Crippen LogP contribution in [0.5, 0.6) is 0 Å². The molecule has 14 heavy (non-hydrogen) atoms. The number of aromatic nitrogens is 2. The zero-order valence-corrected chi connectivity index (χ0v) is 8.41. The molecule has 0 spiro atoms. The first kappa shape index (κ1) is 9.00. The first-order valence-corrected chi connectivity index (χ1v) is 4.66. The second-order valence-corrected chi connectivity index (χ2v) is 3.60. The SMILES string of the molecule is Cc1cc(C)cc([CH]c2cn[nH]c2)c1. The fourth-order valence-electron chi connectivity index (χ4n) is 1.63. The molecule has 0 saturated carbocycles. The number of aromatic amines is 1. The van der Waals surface area contributed by atoms with E-state index in [9.17, 15) is 0 Å². The molecule has 1 radical (unpaired) electrons. The molecule has 0 aliphatic heterocycles. The Hall–Kier alpha value is -1.57. The molecule has 0 aliphatic rings. The van der Waals surface area contributed by atoms with E-state index in [2.05, 4.69) is 48.7 Å². The number of hydrogen-bond acceptors (Lipinski definition) is 1. The predicted octanol–water partition coefficient (Wildman–Crippen LogP) is 2.63. The first-order valence-electron chi connectivity index (χ1n) is 4.66. The Kier molecular flexibility index (Phi) is 2.35. The fourth-order valence-corrected chi connectivity index (χ4v) is 1.63. The number of hydrogen-bond donors (Lipinski definition) is 1. The number of nitrogens with one attached hydrogen (secondary N) is 1. The standard InChI is InChI=1S/C12H13N2/c1-9-3-10(2)5-11(4-9)6-12-7-13-14-8-12/h3-8H,1-2H3,(H,13,14). The molecule has 2 aromatic rings. The number of benzene rings is 1. The van der Waals surface area contributed by atoms with Gasteiger partial charge in [0, 0.05) is 12.6 Å². The number of aryl methyl sites for hydroxylation is 2. The Bertz CT molecular complexity index is 396. The highest BCUT2D eigenvalue weighted by Crippen LogP contribution is 2.14. The highest BCUT2D eigenvalue weighted by molar-refractivity contribution is 5.39. The average molecular weight is 185 g/mol. The summed E-state index contributed by atoms with van der Waals surface area (Å²) in [4.78, 5) is 0. The number of nitrogens with zero attached hydrogens (tertiary/aromatic N) is 1. The van der Waals surface area contributed by atoms with Crippen LogP contribution in [0.1, 0.15) is 22.3 Å². The highest BCUT2D eigenvalue weighted by Gasteiger charge is 1.99. The maximum absolute atomic E-state index is 3.91. The van der Waals surface area contributed by atoms with Gasteiger partial charge in [-0.15, -0.1) is 0 Å². The Morgan fingerprint density at radius 1 is 1.07 bits per heavy atom. The van der Waals surface area contributed by atoms with E-state index in [1.165, 1.54) is 16.7 Å². The van der Waals surface area contributed by atoms with Crippen molar-refractivity contribution in [3.8, 4) is 0 Å². The van der Waals surface area contributed by atoms with Crippen LogP contribution in [0.25, 0.3) is 0 Å². The molecular weight excluding hydrogens is 172 g/mol. The van der Waals surface area contributed by atoms with Gasteiger partial charge < -0.3 is 0 Å². The van der Waals surface area contributed by atoms with Crippen molar-refractivity contribution in [1.29, 1.82) is 0 Å². The lowest BCUT2D eigenvalue weighted by Gasteiger charge is -2.02. The van der Waals surface area contributed by atoms with E-state index in [-0.39, 0.29) is 0 Å². The lowest BCUT2D eigenvalue weighted by Crippen LogP contribution is -1.86. The van der Waals surface area contributed by atoms with Gasteiger partial charge in [0.15, 0.2) is 0 Å². The summed E-state index contributed by atoms with van der Waals surface area (Å²) < 4.78 is 0. The number of rotatable bonds is 2. The third kappa shape index (κ3) is 2.02. The molecule has 0 amide bonds. The zero-order chi connectivity index (χ0) is 9.97. The van der Waals surface area contributed by atoms with Crippen LogP contribution in [-0.4, -0.2) is 10.2 Å². The van der Waals surface area contributed by atoms with E-state index in [4.69, 9.17) is 0 Å². The van der Waals surface area contributed by atoms with Crippen LogP contribution in [0.3, 0.4) is 0 Å². The smallest absolute Gasteiger partial charge is 0.0525 e. The van der Waals surface area contributed by atoms with Gasteiger partial charge in [0.1, 0.15) is 0 Å². The van der Waals surface area contributed by atoms with Gasteiger partial charge in [-0.25, -0.2) is 0 Å². The molecule has 1 aromatic carbocycles. The number of H-pyrrole nitrogens is 1. The van der Waals surface area contributed by atoms with Crippen molar-refractivity contribution in [1.82, 2.24) is 10.2 Å². The summed E-state index contributed by atoms with van der Waals surface area (Å²) in [5.41, 5.74) is 4.92. The Morgan fingerprint density at radius 3 is 2.36 bits per heavy atom. The normalized spacial score (nSPS) is 10.4.